The second-order valence-electron chi connectivity index (χ2n) is 4.64. The molecule has 7 heteroatoms. The quantitative estimate of drug-likeness (QED) is 0.820. The molecule has 1 rings (SSSR count). The molecule has 1 aliphatic heterocycles. The smallest absolute Gasteiger partial charge is 0.335 e. The summed E-state index contributed by atoms with van der Waals surface area (Å²) in [5.41, 5.74) is 5.41. The summed E-state index contributed by atoms with van der Waals surface area (Å²) in [5, 5.41) is 0. The molecule has 0 saturated carbocycles. The first-order chi connectivity index (χ1) is 8.36. The van der Waals surface area contributed by atoms with E-state index in [9.17, 15) is 18.0 Å². The lowest BCUT2D eigenvalue weighted by atomic mass is 10.0. The van der Waals surface area contributed by atoms with Gasteiger partial charge in [-0.1, -0.05) is 0 Å². The number of hydrogen-bond acceptors (Lipinski definition) is 3. The lowest BCUT2D eigenvalue weighted by Crippen LogP contribution is -2.49. The molecule has 106 valence electrons. The van der Waals surface area contributed by atoms with Gasteiger partial charge < -0.3 is 15.5 Å². The lowest BCUT2D eigenvalue weighted by Gasteiger charge is -2.36. The van der Waals surface area contributed by atoms with E-state index in [0.717, 1.165) is 17.9 Å². The van der Waals surface area contributed by atoms with Gasteiger partial charge in [-0.25, -0.2) is 0 Å². The highest BCUT2D eigenvalue weighted by molar-refractivity contribution is 5.81. The molecule has 2 N–H and O–H groups in total. The summed E-state index contributed by atoms with van der Waals surface area (Å²) in [6.45, 7) is 1.80. The Hall–Kier alpha value is -0.820. The standard InChI is InChI=1S/C11H20F3N3O/c1-16(6-2-5-15)9-3-7-17(8-4-9)10(18)11(12,13)14/h9H,2-8,15H2,1H3. The van der Waals surface area contributed by atoms with Gasteiger partial charge in [0, 0.05) is 19.1 Å². The van der Waals surface area contributed by atoms with Crippen LogP contribution >= 0.6 is 0 Å². The fourth-order valence-corrected chi connectivity index (χ4v) is 2.21. The van der Waals surface area contributed by atoms with E-state index in [2.05, 4.69) is 4.90 Å². The number of nitrogens with two attached hydrogens (primary N) is 1. The predicted molar refractivity (Wildman–Crippen MR) is 62.0 cm³/mol. The van der Waals surface area contributed by atoms with Gasteiger partial charge in [0.2, 0.25) is 0 Å². The summed E-state index contributed by atoms with van der Waals surface area (Å²) < 4.78 is 36.7. The van der Waals surface area contributed by atoms with Crippen LogP contribution < -0.4 is 5.73 Å². The molecule has 18 heavy (non-hydrogen) atoms. The van der Waals surface area contributed by atoms with Crippen molar-refractivity contribution in [2.75, 3.05) is 33.2 Å². The maximum Gasteiger partial charge on any atom is 0.471 e. The molecular formula is C11H20F3N3O. The monoisotopic (exact) mass is 267 g/mol. The third kappa shape index (κ3) is 4.13. The van der Waals surface area contributed by atoms with Crippen LogP contribution in [0, 0.1) is 0 Å². The van der Waals surface area contributed by atoms with Gasteiger partial charge in [-0.15, -0.1) is 0 Å². The second-order valence-corrected chi connectivity index (χ2v) is 4.64. The number of alkyl halides is 3. The summed E-state index contributed by atoms with van der Waals surface area (Å²) in [4.78, 5) is 14.0. The van der Waals surface area contributed by atoms with Gasteiger partial charge in [0.05, 0.1) is 0 Å². The van der Waals surface area contributed by atoms with E-state index in [-0.39, 0.29) is 19.1 Å². The van der Waals surface area contributed by atoms with E-state index in [1.165, 1.54) is 0 Å². The van der Waals surface area contributed by atoms with E-state index >= 15 is 0 Å². The Kier molecular flexibility index (Phi) is 5.40. The number of carbonyl (C=O) groups is 1. The Bertz CT molecular complexity index is 275. The van der Waals surface area contributed by atoms with Gasteiger partial charge in [-0.3, -0.25) is 4.79 Å². The SMILES string of the molecule is CN(CCCN)C1CCN(C(=O)C(F)(F)F)CC1. The minimum Gasteiger partial charge on any atom is -0.335 e. The van der Waals surface area contributed by atoms with Gasteiger partial charge in [-0.2, -0.15) is 13.2 Å². The topological polar surface area (TPSA) is 49.6 Å². The predicted octanol–water partition coefficient (Wildman–Crippen LogP) is 0.820. The molecule has 0 atom stereocenters. The van der Waals surface area contributed by atoms with Crippen LogP contribution in [0.4, 0.5) is 13.2 Å². The van der Waals surface area contributed by atoms with Crippen LogP contribution in [0.1, 0.15) is 19.3 Å². The number of amides is 1. The van der Waals surface area contributed by atoms with E-state index in [1.54, 1.807) is 0 Å². The van der Waals surface area contributed by atoms with E-state index in [4.69, 9.17) is 5.73 Å². The van der Waals surface area contributed by atoms with E-state index in [0.29, 0.717) is 19.4 Å². The molecule has 1 saturated heterocycles. The first-order valence-electron chi connectivity index (χ1n) is 6.12. The number of hydrogen-bond donors (Lipinski definition) is 1. The third-order valence-corrected chi connectivity index (χ3v) is 3.33. The summed E-state index contributed by atoms with van der Waals surface area (Å²) in [6, 6.07) is 0.244. The minimum atomic E-state index is -4.75. The normalized spacial score (nSPS) is 18.4. The molecule has 0 radical (unpaired) electrons. The molecule has 1 aliphatic rings. The average molecular weight is 267 g/mol. The molecule has 4 nitrogen and oxygen atoms in total. The molecule has 0 aliphatic carbocycles. The minimum absolute atomic E-state index is 0.177. The highest BCUT2D eigenvalue weighted by Gasteiger charge is 2.43. The highest BCUT2D eigenvalue weighted by Crippen LogP contribution is 2.22. The molecule has 0 aromatic heterocycles. The summed E-state index contributed by atoms with van der Waals surface area (Å²) in [5.74, 6) is -1.72. The van der Waals surface area contributed by atoms with Crippen molar-refractivity contribution >= 4 is 5.91 Å². The number of rotatable bonds is 4. The number of nitrogens with zero attached hydrogens (tertiary/aromatic N) is 2. The van der Waals surface area contributed by atoms with Gasteiger partial charge in [0.1, 0.15) is 0 Å². The van der Waals surface area contributed by atoms with Gasteiger partial charge in [-0.05, 0) is 39.4 Å². The summed E-state index contributed by atoms with van der Waals surface area (Å²) in [6.07, 6.45) is -2.71. The van der Waals surface area contributed by atoms with E-state index in [1.807, 2.05) is 7.05 Å². The van der Waals surface area contributed by atoms with Crippen molar-refractivity contribution in [1.29, 1.82) is 0 Å². The van der Waals surface area contributed by atoms with Crippen molar-refractivity contribution < 1.29 is 18.0 Å². The molecule has 1 heterocycles. The van der Waals surface area contributed by atoms with Crippen LogP contribution in [-0.2, 0) is 4.79 Å². The Morgan fingerprint density at radius 1 is 1.39 bits per heavy atom. The fraction of sp³-hybridized carbons (Fsp3) is 0.909. The van der Waals surface area contributed by atoms with Crippen LogP contribution in [0.3, 0.4) is 0 Å². The summed E-state index contributed by atoms with van der Waals surface area (Å²) in [7, 11) is 1.95. The van der Waals surface area contributed by atoms with Gasteiger partial charge in [0.15, 0.2) is 0 Å². The molecule has 1 fully saturated rings. The van der Waals surface area contributed by atoms with Crippen molar-refractivity contribution in [3.8, 4) is 0 Å². The maximum atomic E-state index is 12.2. The first kappa shape index (κ1) is 15.2. The Morgan fingerprint density at radius 2 is 1.94 bits per heavy atom. The zero-order chi connectivity index (χ0) is 13.8. The first-order valence-corrected chi connectivity index (χ1v) is 6.12. The van der Waals surface area contributed by atoms with Crippen LogP contribution in [0.25, 0.3) is 0 Å². The van der Waals surface area contributed by atoms with E-state index < -0.39 is 12.1 Å². The molecular weight excluding hydrogens is 247 g/mol. The van der Waals surface area contributed by atoms with Crippen LogP contribution in [-0.4, -0.2) is 61.2 Å². The largest absolute Gasteiger partial charge is 0.471 e. The average Bonchev–Trinajstić information content (AvgIpc) is 2.34. The third-order valence-electron chi connectivity index (χ3n) is 3.33. The van der Waals surface area contributed by atoms with Crippen LogP contribution in [0.15, 0.2) is 0 Å². The van der Waals surface area contributed by atoms with Crippen molar-refractivity contribution in [3.63, 3.8) is 0 Å². The number of piperidine rings is 1. The van der Waals surface area contributed by atoms with Crippen LogP contribution in [0.2, 0.25) is 0 Å². The molecule has 0 bridgehead atoms. The van der Waals surface area contributed by atoms with Crippen LogP contribution in [0.5, 0.6) is 0 Å². The van der Waals surface area contributed by atoms with Gasteiger partial charge >= 0.3 is 12.1 Å². The second kappa shape index (κ2) is 6.38. The van der Waals surface area contributed by atoms with Gasteiger partial charge in [0.25, 0.3) is 0 Å². The lowest BCUT2D eigenvalue weighted by molar-refractivity contribution is -0.186. The van der Waals surface area contributed by atoms with Crippen molar-refractivity contribution in [3.05, 3.63) is 0 Å². The molecule has 0 unspecified atom stereocenters. The van der Waals surface area contributed by atoms with Crippen molar-refractivity contribution in [2.24, 2.45) is 5.73 Å². The molecule has 0 aromatic rings. The fourth-order valence-electron chi connectivity index (χ4n) is 2.21. The van der Waals surface area contributed by atoms with Crippen molar-refractivity contribution in [2.45, 2.75) is 31.5 Å². The Morgan fingerprint density at radius 3 is 2.39 bits per heavy atom. The molecule has 0 aromatic carbocycles. The number of likely N-dealkylation sites (tertiary alicyclic amines) is 1. The number of carbonyl (C=O) groups excluding carboxylic acids is 1. The Labute approximate surface area is 105 Å². The number of halogens is 3. The Balaban J connectivity index is 2.39. The van der Waals surface area contributed by atoms with Crippen molar-refractivity contribution in [1.82, 2.24) is 9.80 Å². The zero-order valence-electron chi connectivity index (χ0n) is 10.5. The zero-order valence-corrected chi connectivity index (χ0v) is 10.5. The maximum absolute atomic E-state index is 12.2. The molecule has 0 spiro atoms. The summed E-state index contributed by atoms with van der Waals surface area (Å²) >= 11 is 0. The molecule has 1 amide bonds. The highest BCUT2D eigenvalue weighted by atomic mass is 19.4.